The van der Waals surface area contributed by atoms with Crippen molar-refractivity contribution in [1.29, 1.82) is 0 Å². The molecule has 0 fully saturated rings. The summed E-state index contributed by atoms with van der Waals surface area (Å²) >= 11 is 0. The van der Waals surface area contributed by atoms with E-state index in [2.05, 4.69) is 22.1 Å². The second kappa shape index (κ2) is 9.80. The number of carbonyl (C=O) groups is 1. The van der Waals surface area contributed by atoms with Crippen LogP contribution in [0.2, 0.25) is 0 Å². The number of hydrogen-bond donors (Lipinski definition) is 1. The third-order valence-corrected chi connectivity index (χ3v) is 3.53. The fourth-order valence-electron chi connectivity index (χ4n) is 2.20. The lowest BCUT2D eigenvalue weighted by Gasteiger charge is -2.06. The highest BCUT2D eigenvalue weighted by Crippen LogP contribution is 2.13. The van der Waals surface area contributed by atoms with Gasteiger partial charge in [0, 0.05) is 34.8 Å². The van der Waals surface area contributed by atoms with E-state index in [-0.39, 0.29) is 5.91 Å². The monoisotopic (exact) mass is 342 g/mol. The summed E-state index contributed by atoms with van der Waals surface area (Å²) in [6.07, 6.45) is 3.43. The molecule has 3 aromatic rings. The van der Waals surface area contributed by atoms with E-state index in [1.54, 1.807) is 12.4 Å². The Morgan fingerprint density at radius 3 is 2.42 bits per heavy atom. The van der Waals surface area contributed by atoms with Gasteiger partial charge in [0.25, 0.3) is 5.91 Å². The number of aryl methyl sites for hydroxylation is 1. The third-order valence-electron chi connectivity index (χ3n) is 3.53. The van der Waals surface area contributed by atoms with Crippen LogP contribution in [0.15, 0.2) is 73.1 Å². The first-order valence-corrected chi connectivity index (χ1v) is 8.61. The molecule has 130 valence electrons. The van der Waals surface area contributed by atoms with Gasteiger partial charge in [0.2, 0.25) is 0 Å². The number of anilines is 1. The Kier molecular flexibility index (Phi) is 7.15. The second-order valence-corrected chi connectivity index (χ2v) is 5.34. The fourth-order valence-corrected chi connectivity index (χ4v) is 2.20. The minimum absolute atomic E-state index is 0.148. The molecule has 0 atom stereocenters. The number of nitrogens with zero attached hydrogens (tertiary/aromatic N) is 1. The molecule has 0 aliphatic heterocycles. The summed E-state index contributed by atoms with van der Waals surface area (Å²) in [5.41, 5.74) is 4.06. The summed E-state index contributed by atoms with van der Waals surface area (Å²) in [5, 5.41) is 2.88. The predicted molar refractivity (Wildman–Crippen MR) is 107 cm³/mol. The number of amides is 1. The van der Waals surface area contributed by atoms with Crippen LogP contribution in [0.5, 0.6) is 0 Å². The van der Waals surface area contributed by atoms with Gasteiger partial charge in [0.15, 0.2) is 0 Å². The Bertz CT molecular complexity index is 907. The molecule has 0 bridgehead atoms. The molecule has 0 spiro atoms. The molecule has 0 saturated heterocycles. The molecule has 0 saturated carbocycles. The van der Waals surface area contributed by atoms with E-state index in [4.69, 9.17) is 0 Å². The molecule has 1 amide bonds. The minimum Gasteiger partial charge on any atom is -0.322 e. The van der Waals surface area contributed by atoms with E-state index in [0.29, 0.717) is 5.56 Å². The number of rotatable bonds is 2. The highest BCUT2D eigenvalue weighted by atomic mass is 16.1. The lowest BCUT2D eigenvalue weighted by Crippen LogP contribution is -2.12. The molecule has 1 aromatic heterocycles. The van der Waals surface area contributed by atoms with Crippen LogP contribution >= 0.6 is 0 Å². The SMILES string of the molecule is CC.Cc1ccc(C(=O)Nc2ccccc2)cc1C#Cc1cccnc1. The number of para-hydroxylation sites is 1. The average Bonchev–Trinajstić information content (AvgIpc) is 2.70. The third kappa shape index (κ3) is 5.32. The molecule has 3 rings (SSSR count). The summed E-state index contributed by atoms with van der Waals surface area (Å²) in [7, 11) is 0. The topological polar surface area (TPSA) is 42.0 Å². The second-order valence-electron chi connectivity index (χ2n) is 5.34. The molecule has 0 radical (unpaired) electrons. The van der Waals surface area contributed by atoms with Gasteiger partial charge in [-0.25, -0.2) is 0 Å². The van der Waals surface area contributed by atoms with Gasteiger partial charge in [-0.15, -0.1) is 0 Å². The van der Waals surface area contributed by atoms with E-state index >= 15 is 0 Å². The van der Waals surface area contributed by atoms with Gasteiger partial charge in [-0.2, -0.15) is 0 Å². The number of benzene rings is 2. The van der Waals surface area contributed by atoms with Gasteiger partial charge in [-0.1, -0.05) is 50.0 Å². The Morgan fingerprint density at radius 1 is 0.962 bits per heavy atom. The van der Waals surface area contributed by atoms with Gasteiger partial charge in [-0.05, 0) is 48.9 Å². The Balaban J connectivity index is 0.00000117. The quantitative estimate of drug-likeness (QED) is 0.661. The molecule has 1 N–H and O–H groups in total. The molecular formula is C23H22N2O. The van der Waals surface area contributed by atoms with Crippen LogP contribution in [0.3, 0.4) is 0 Å². The number of aromatic nitrogens is 1. The van der Waals surface area contributed by atoms with Crippen LogP contribution in [-0.2, 0) is 0 Å². The normalized spacial score (nSPS) is 9.19. The lowest BCUT2D eigenvalue weighted by atomic mass is 10.0. The summed E-state index contributed by atoms with van der Waals surface area (Å²) in [6, 6.07) is 18.7. The average molecular weight is 342 g/mol. The van der Waals surface area contributed by atoms with Crippen LogP contribution < -0.4 is 5.32 Å². The van der Waals surface area contributed by atoms with Crippen molar-refractivity contribution in [3.63, 3.8) is 0 Å². The molecule has 3 heteroatoms. The van der Waals surface area contributed by atoms with Gasteiger partial charge in [-0.3, -0.25) is 9.78 Å². The zero-order valence-corrected chi connectivity index (χ0v) is 15.3. The van der Waals surface area contributed by atoms with E-state index in [9.17, 15) is 4.79 Å². The molecule has 0 aliphatic rings. The van der Waals surface area contributed by atoms with Gasteiger partial charge in [0.05, 0.1) is 0 Å². The summed E-state index contributed by atoms with van der Waals surface area (Å²) in [5.74, 6) is 6.04. The van der Waals surface area contributed by atoms with Crippen molar-refractivity contribution in [3.05, 3.63) is 95.3 Å². The summed E-state index contributed by atoms with van der Waals surface area (Å²) in [6.45, 7) is 5.98. The predicted octanol–water partition coefficient (Wildman–Crippen LogP) is 5.07. The van der Waals surface area contributed by atoms with Gasteiger partial charge >= 0.3 is 0 Å². The van der Waals surface area contributed by atoms with E-state index in [1.165, 1.54) is 0 Å². The highest BCUT2D eigenvalue weighted by molar-refractivity contribution is 6.04. The van der Waals surface area contributed by atoms with Crippen molar-refractivity contribution in [2.45, 2.75) is 20.8 Å². The maximum atomic E-state index is 12.4. The Morgan fingerprint density at radius 2 is 1.73 bits per heavy atom. The molecule has 26 heavy (non-hydrogen) atoms. The maximum absolute atomic E-state index is 12.4. The largest absolute Gasteiger partial charge is 0.322 e. The molecule has 0 unspecified atom stereocenters. The zero-order chi connectivity index (χ0) is 18.8. The smallest absolute Gasteiger partial charge is 0.255 e. The lowest BCUT2D eigenvalue weighted by molar-refractivity contribution is 0.102. The van der Waals surface area contributed by atoms with Crippen molar-refractivity contribution in [2.75, 3.05) is 5.32 Å². The maximum Gasteiger partial charge on any atom is 0.255 e. The van der Waals surface area contributed by atoms with E-state index in [0.717, 1.165) is 22.4 Å². The van der Waals surface area contributed by atoms with Crippen molar-refractivity contribution in [2.24, 2.45) is 0 Å². The van der Waals surface area contributed by atoms with Gasteiger partial charge < -0.3 is 5.32 Å². The van der Waals surface area contributed by atoms with Crippen LogP contribution in [0, 0.1) is 18.8 Å². The Hall–Kier alpha value is -3.38. The first-order chi connectivity index (χ1) is 12.7. The van der Waals surface area contributed by atoms with Gasteiger partial charge in [0.1, 0.15) is 0 Å². The zero-order valence-electron chi connectivity index (χ0n) is 15.3. The first kappa shape index (κ1) is 19.0. The van der Waals surface area contributed by atoms with Crippen molar-refractivity contribution in [3.8, 4) is 11.8 Å². The summed E-state index contributed by atoms with van der Waals surface area (Å²) in [4.78, 5) is 16.4. The number of carbonyl (C=O) groups excluding carboxylic acids is 1. The van der Waals surface area contributed by atoms with E-state index < -0.39 is 0 Å². The number of pyridine rings is 1. The molecule has 3 nitrogen and oxygen atoms in total. The van der Waals surface area contributed by atoms with Crippen LogP contribution in [0.25, 0.3) is 0 Å². The Labute approximate surface area is 155 Å². The van der Waals surface area contributed by atoms with Crippen LogP contribution in [0.1, 0.15) is 40.9 Å². The standard InChI is InChI=1S/C21H16N2O.C2H6/c1-16-9-11-19(21(24)23-20-7-3-2-4-8-20)14-18(16)12-10-17-6-5-13-22-15-17;1-2/h2-9,11,13-15H,1H3,(H,23,24);1-2H3. The van der Waals surface area contributed by atoms with Crippen LogP contribution in [-0.4, -0.2) is 10.9 Å². The molecule has 0 aliphatic carbocycles. The molecule has 2 aromatic carbocycles. The number of nitrogens with one attached hydrogen (secondary N) is 1. The molecular weight excluding hydrogens is 320 g/mol. The van der Waals surface area contributed by atoms with Crippen LogP contribution in [0.4, 0.5) is 5.69 Å². The highest BCUT2D eigenvalue weighted by Gasteiger charge is 2.07. The fraction of sp³-hybridized carbons (Fsp3) is 0.130. The van der Waals surface area contributed by atoms with Crippen molar-refractivity contribution in [1.82, 2.24) is 4.98 Å². The first-order valence-electron chi connectivity index (χ1n) is 8.61. The minimum atomic E-state index is -0.148. The van der Waals surface area contributed by atoms with Crippen molar-refractivity contribution < 1.29 is 4.79 Å². The van der Waals surface area contributed by atoms with E-state index in [1.807, 2.05) is 81.4 Å². The molecule has 1 heterocycles. The summed E-state index contributed by atoms with van der Waals surface area (Å²) < 4.78 is 0. The van der Waals surface area contributed by atoms with Crippen molar-refractivity contribution >= 4 is 11.6 Å². The number of hydrogen-bond acceptors (Lipinski definition) is 2.